The van der Waals surface area contributed by atoms with Crippen molar-refractivity contribution in [3.8, 4) is 0 Å². The summed E-state index contributed by atoms with van der Waals surface area (Å²) in [4.78, 5) is 38.2. The Morgan fingerprint density at radius 1 is 0.962 bits per heavy atom. The molecule has 0 saturated carbocycles. The number of hydrogen-bond donors (Lipinski definition) is 2. The number of ketones is 1. The summed E-state index contributed by atoms with van der Waals surface area (Å²) >= 11 is 0. The first-order chi connectivity index (χ1) is 12.5. The van der Waals surface area contributed by atoms with Crippen molar-refractivity contribution in [3.63, 3.8) is 0 Å². The summed E-state index contributed by atoms with van der Waals surface area (Å²) in [5.74, 6) is -0.0384. The van der Waals surface area contributed by atoms with E-state index in [0.29, 0.717) is 24.9 Å². The third kappa shape index (κ3) is 4.66. The third-order valence-electron chi connectivity index (χ3n) is 4.82. The number of rotatable bonds is 7. The SMILES string of the molecule is CC(=O)c1ccc(NNN2CCN(CCN3C(=O)CCC3=O)CC2)cc1. The van der Waals surface area contributed by atoms with Crippen LogP contribution in [-0.4, -0.2) is 71.7 Å². The highest BCUT2D eigenvalue weighted by Crippen LogP contribution is 2.12. The van der Waals surface area contributed by atoms with Gasteiger partial charge in [-0.3, -0.25) is 24.2 Å². The van der Waals surface area contributed by atoms with E-state index in [1.807, 2.05) is 12.1 Å². The summed E-state index contributed by atoms with van der Waals surface area (Å²) in [6, 6.07) is 7.32. The van der Waals surface area contributed by atoms with E-state index in [4.69, 9.17) is 0 Å². The van der Waals surface area contributed by atoms with Crippen molar-refractivity contribution in [1.82, 2.24) is 20.3 Å². The van der Waals surface area contributed by atoms with Gasteiger partial charge in [-0.05, 0) is 31.2 Å². The quantitative estimate of drug-likeness (QED) is 0.416. The summed E-state index contributed by atoms with van der Waals surface area (Å²) < 4.78 is 0. The van der Waals surface area contributed by atoms with Crippen LogP contribution in [0.4, 0.5) is 5.69 Å². The Morgan fingerprint density at radius 2 is 1.58 bits per heavy atom. The predicted molar refractivity (Wildman–Crippen MR) is 97.2 cm³/mol. The summed E-state index contributed by atoms with van der Waals surface area (Å²) in [5.41, 5.74) is 7.89. The molecular formula is C18H25N5O3. The second-order valence-corrected chi connectivity index (χ2v) is 6.64. The molecule has 2 aliphatic heterocycles. The number of hydrogen-bond acceptors (Lipinski definition) is 7. The van der Waals surface area contributed by atoms with Crippen LogP contribution in [0.15, 0.2) is 24.3 Å². The number of piperazine rings is 1. The van der Waals surface area contributed by atoms with E-state index < -0.39 is 0 Å². The summed E-state index contributed by atoms with van der Waals surface area (Å²) in [5, 5.41) is 2.08. The van der Waals surface area contributed by atoms with Crippen LogP contribution >= 0.6 is 0 Å². The highest BCUT2D eigenvalue weighted by atomic mass is 16.2. The molecule has 2 amide bonds. The van der Waals surface area contributed by atoms with Crippen molar-refractivity contribution >= 4 is 23.3 Å². The summed E-state index contributed by atoms with van der Waals surface area (Å²) in [6.07, 6.45) is 0.713. The van der Waals surface area contributed by atoms with Crippen molar-refractivity contribution in [2.24, 2.45) is 0 Å². The third-order valence-corrected chi connectivity index (χ3v) is 4.82. The Labute approximate surface area is 153 Å². The second kappa shape index (κ2) is 8.39. The maximum absolute atomic E-state index is 11.6. The van der Waals surface area contributed by atoms with Gasteiger partial charge in [0.1, 0.15) is 0 Å². The molecule has 2 aliphatic rings. The van der Waals surface area contributed by atoms with Crippen LogP contribution in [0.25, 0.3) is 0 Å². The number of anilines is 1. The number of imide groups is 1. The Hall–Kier alpha value is -2.29. The maximum atomic E-state index is 11.6. The van der Waals surface area contributed by atoms with Crippen LogP contribution in [0.5, 0.6) is 0 Å². The summed E-state index contributed by atoms with van der Waals surface area (Å²) in [6.45, 7) is 6.18. The molecule has 2 fully saturated rings. The molecule has 2 N–H and O–H groups in total. The van der Waals surface area contributed by atoms with Crippen LogP contribution < -0.4 is 11.0 Å². The van der Waals surface area contributed by atoms with E-state index in [-0.39, 0.29) is 17.6 Å². The fourth-order valence-electron chi connectivity index (χ4n) is 3.13. The van der Waals surface area contributed by atoms with Gasteiger partial charge in [-0.15, -0.1) is 0 Å². The molecule has 0 bridgehead atoms. The largest absolute Gasteiger partial charge is 0.308 e. The smallest absolute Gasteiger partial charge is 0.229 e. The molecule has 0 aliphatic carbocycles. The zero-order valence-electron chi connectivity index (χ0n) is 15.0. The van der Waals surface area contributed by atoms with Crippen molar-refractivity contribution < 1.29 is 14.4 Å². The molecule has 0 atom stereocenters. The average Bonchev–Trinajstić information content (AvgIpc) is 2.97. The highest BCUT2D eigenvalue weighted by Gasteiger charge is 2.29. The number of Topliss-reactive ketones (excluding diaryl/α,β-unsaturated/α-hetero) is 1. The first kappa shape index (κ1) is 18.5. The lowest BCUT2D eigenvalue weighted by Gasteiger charge is -2.35. The van der Waals surface area contributed by atoms with Crippen LogP contribution in [0.2, 0.25) is 0 Å². The molecule has 1 aromatic carbocycles. The Balaban J connectivity index is 1.36. The molecular weight excluding hydrogens is 334 g/mol. The molecule has 2 heterocycles. The number of likely N-dealkylation sites (tertiary alicyclic amines) is 1. The van der Waals surface area contributed by atoms with Crippen LogP contribution in [-0.2, 0) is 9.59 Å². The minimum Gasteiger partial charge on any atom is -0.308 e. The Morgan fingerprint density at radius 3 is 2.15 bits per heavy atom. The first-order valence-electron chi connectivity index (χ1n) is 8.96. The second-order valence-electron chi connectivity index (χ2n) is 6.64. The van der Waals surface area contributed by atoms with Crippen molar-refractivity contribution in [3.05, 3.63) is 29.8 Å². The average molecular weight is 359 g/mol. The van der Waals surface area contributed by atoms with Crippen molar-refractivity contribution in [2.45, 2.75) is 19.8 Å². The Kier molecular flexibility index (Phi) is 5.97. The zero-order valence-corrected chi connectivity index (χ0v) is 15.0. The normalized spacial score (nSPS) is 19.2. The van der Waals surface area contributed by atoms with Gasteiger partial charge in [0.25, 0.3) is 0 Å². The van der Waals surface area contributed by atoms with Gasteiger partial charge in [-0.25, -0.2) is 5.01 Å². The number of nitrogens with zero attached hydrogens (tertiary/aromatic N) is 3. The lowest BCUT2D eigenvalue weighted by molar-refractivity contribution is -0.138. The van der Waals surface area contributed by atoms with Crippen molar-refractivity contribution in [2.75, 3.05) is 44.7 Å². The van der Waals surface area contributed by atoms with Gasteiger partial charge >= 0.3 is 0 Å². The van der Waals surface area contributed by atoms with Gasteiger partial charge in [-0.2, -0.15) is 5.53 Å². The van der Waals surface area contributed by atoms with Crippen LogP contribution in [0.3, 0.4) is 0 Å². The van der Waals surface area contributed by atoms with E-state index in [0.717, 1.165) is 38.4 Å². The number of carbonyl (C=O) groups is 3. The minimum atomic E-state index is -0.0460. The molecule has 0 unspecified atom stereocenters. The first-order valence-corrected chi connectivity index (χ1v) is 8.96. The van der Waals surface area contributed by atoms with Crippen LogP contribution in [0, 0.1) is 0 Å². The topological polar surface area (TPSA) is 85.0 Å². The molecule has 26 heavy (non-hydrogen) atoms. The van der Waals surface area contributed by atoms with E-state index >= 15 is 0 Å². The lowest BCUT2D eigenvalue weighted by atomic mass is 10.1. The fourth-order valence-corrected chi connectivity index (χ4v) is 3.13. The van der Waals surface area contributed by atoms with Gasteiger partial charge in [0.15, 0.2) is 5.78 Å². The van der Waals surface area contributed by atoms with E-state index in [1.54, 1.807) is 19.1 Å². The molecule has 8 nitrogen and oxygen atoms in total. The van der Waals surface area contributed by atoms with E-state index in [2.05, 4.69) is 20.9 Å². The molecule has 0 aromatic heterocycles. The predicted octanol–water partition coefficient (Wildman–Crippen LogP) is 0.487. The molecule has 0 radical (unpaired) electrons. The minimum absolute atomic E-state index is 0.0460. The van der Waals surface area contributed by atoms with E-state index in [9.17, 15) is 14.4 Å². The highest BCUT2D eigenvalue weighted by molar-refractivity contribution is 6.01. The van der Waals surface area contributed by atoms with Crippen molar-refractivity contribution in [1.29, 1.82) is 0 Å². The maximum Gasteiger partial charge on any atom is 0.229 e. The molecule has 1 aromatic rings. The number of benzene rings is 1. The number of carbonyl (C=O) groups excluding carboxylic acids is 3. The zero-order chi connectivity index (χ0) is 18.5. The molecule has 8 heteroatoms. The number of hydrazine groups is 2. The van der Waals surface area contributed by atoms with Gasteiger partial charge in [-0.1, -0.05) is 0 Å². The fraction of sp³-hybridized carbons (Fsp3) is 0.500. The molecule has 2 saturated heterocycles. The van der Waals surface area contributed by atoms with Gasteiger partial charge in [0.05, 0.1) is 5.69 Å². The van der Waals surface area contributed by atoms with Crippen LogP contribution in [0.1, 0.15) is 30.1 Å². The van der Waals surface area contributed by atoms with Gasteiger partial charge < -0.3 is 5.43 Å². The Bertz CT molecular complexity index is 652. The lowest BCUT2D eigenvalue weighted by Crippen LogP contribution is -2.54. The standard InChI is InChI=1S/C18H25N5O3/c1-14(24)15-2-4-16(5-3-15)19-20-22-11-8-21(9-12-22)10-13-23-17(25)6-7-18(23)26/h2-5,19-20H,6-13H2,1H3. The molecule has 0 spiro atoms. The summed E-state index contributed by atoms with van der Waals surface area (Å²) in [7, 11) is 0. The monoisotopic (exact) mass is 359 g/mol. The molecule has 140 valence electrons. The van der Waals surface area contributed by atoms with Gasteiger partial charge in [0.2, 0.25) is 11.8 Å². The molecule has 3 rings (SSSR count). The number of nitrogens with one attached hydrogen (secondary N) is 2. The van der Waals surface area contributed by atoms with Gasteiger partial charge in [0, 0.05) is 57.7 Å². The number of amides is 2. The van der Waals surface area contributed by atoms with E-state index in [1.165, 1.54) is 4.90 Å².